The summed E-state index contributed by atoms with van der Waals surface area (Å²) in [4.78, 5) is 47.9. The van der Waals surface area contributed by atoms with Crippen molar-refractivity contribution >= 4 is 26.4 Å². The summed E-state index contributed by atoms with van der Waals surface area (Å²) in [5, 5.41) is 25.5. The fraction of sp³-hybridized carbons (Fsp3) is 0.605. The number of nitrogens with zero attached hydrogens (tertiary/aromatic N) is 2. The van der Waals surface area contributed by atoms with Gasteiger partial charge in [-0.05, 0) is 69.0 Å². The highest BCUT2D eigenvalue weighted by Gasteiger charge is 2.55. The van der Waals surface area contributed by atoms with Crippen molar-refractivity contribution in [2.24, 2.45) is 0 Å². The van der Waals surface area contributed by atoms with E-state index in [0.29, 0.717) is 31.1 Å². The lowest BCUT2D eigenvalue weighted by atomic mass is 9.89. The van der Waals surface area contributed by atoms with E-state index in [1.54, 1.807) is 32.9 Å². The van der Waals surface area contributed by atoms with E-state index in [-0.39, 0.29) is 19.6 Å². The van der Waals surface area contributed by atoms with E-state index in [2.05, 4.69) is 29.9 Å². The Labute approximate surface area is 315 Å². The number of unbranched alkanes of at least 4 members (excludes halogenated alkanes) is 1. The molecule has 0 spiro atoms. The third-order valence-electron chi connectivity index (χ3n) is 8.60. The van der Waals surface area contributed by atoms with Crippen molar-refractivity contribution in [1.29, 1.82) is 0 Å². The van der Waals surface area contributed by atoms with E-state index in [1.165, 1.54) is 0 Å². The van der Waals surface area contributed by atoms with Gasteiger partial charge in [-0.2, -0.15) is 0 Å². The number of hydrogen-bond donors (Lipinski definition) is 4. The van der Waals surface area contributed by atoms with Crippen LogP contribution in [0.25, 0.3) is 11.1 Å². The number of rotatable bonds is 16. The first kappa shape index (κ1) is 43.5. The number of alkyl carbamates (subject to hydrolysis) is 1. The molecule has 0 radical (unpaired) electrons. The Morgan fingerprint density at radius 2 is 1.51 bits per heavy atom. The van der Waals surface area contributed by atoms with Crippen LogP contribution in [-0.4, -0.2) is 116 Å². The molecular weight excluding hydrogens is 701 g/mol. The average Bonchev–Trinajstić information content (AvgIpc) is 3.07. The zero-order valence-corrected chi connectivity index (χ0v) is 33.7. The molecule has 15 heteroatoms. The average molecular weight is 761 g/mol. The van der Waals surface area contributed by atoms with E-state index in [0.717, 1.165) is 61.5 Å². The number of aliphatic hydroxyl groups is 2. The summed E-state index contributed by atoms with van der Waals surface area (Å²) >= 11 is 0. The van der Waals surface area contributed by atoms with Crippen LogP contribution in [0.15, 0.2) is 48.5 Å². The number of hydrogen-bond acceptors (Lipinski definition) is 11. The molecule has 1 unspecified atom stereocenters. The molecule has 0 bridgehead atoms. The SMILES string of the molecule is CCCCN(C(=O)ONC(=O)OC(C)(C)C)C(Cc1ccc(-c2ccc(OCCN3CCOCC3)cc2)cc1)(NC(=O)OCC[Si](C)(C)C)C(C)(O)O. The minimum Gasteiger partial charge on any atom is -0.492 e. The number of nitrogens with one attached hydrogen (secondary N) is 2. The van der Waals surface area contributed by atoms with Gasteiger partial charge < -0.3 is 34.0 Å². The molecule has 3 rings (SSSR count). The highest BCUT2D eigenvalue weighted by Crippen LogP contribution is 2.32. The van der Waals surface area contributed by atoms with E-state index in [9.17, 15) is 24.6 Å². The fourth-order valence-corrected chi connectivity index (χ4v) is 6.28. The van der Waals surface area contributed by atoms with Gasteiger partial charge in [-0.3, -0.25) is 15.1 Å². The molecule has 3 amide bonds. The van der Waals surface area contributed by atoms with Gasteiger partial charge in [-0.25, -0.2) is 14.4 Å². The summed E-state index contributed by atoms with van der Waals surface area (Å²) in [6.45, 7) is 19.0. The van der Waals surface area contributed by atoms with Gasteiger partial charge >= 0.3 is 18.3 Å². The third kappa shape index (κ3) is 14.5. The molecule has 1 atom stereocenters. The van der Waals surface area contributed by atoms with Crippen molar-refractivity contribution < 1.29 is 48.4 Å². The second-order valence-electron chi connectivity index (χ2n) is 15.6. The van der Waals surface area contributed by atoms with Crippen LogP contribution >= 0.6 is 0 Å². The Morgan fingerprint density at radius 1 is 0.906 bits per heavy atom. The van der Waals surface area contributed by atoms with Crippen LogP contribution in [0.1, 0.15) is 53.0 Å². The molecule has 2 aromatic rings. The monoisotopic (exact) mass is 760 g/mol. The van der Waals surface area contributed by atoms with Crippen LogP contribution < -0.4 is 15.5 Å². The summed E-state index contributed by atoms with van der Waals surface area (Å²) in [7, 11) is -1.58. The van der Waals surface area contributed by atoms with Crippen LogP contribution in [0.4, 0.5) is 14.4 Å². The number of carbonyl (C=O) groups excluding carboxylic acids is 3. The van der Waals surface area contributed by atoms with Crippen LogP contribution in [0.3, 0.4) is 0 Å². The van der Waals surface area contributed by atoms with Crippen molar-refractivity contribution in [2.75, 3.05) is 52.6 Å². The van der Waals surface area contributed by atoms with Crippen LogP contribution in [0, 0.1) is 0 Å². The predicted octanol–water partition coefficient (Wildman–Crippen LogP) is 5.75. The van der Waals surface area contributed by atoms with Gasteiger partial charge in [0.2, 0.25) is 5.79 Å². The number of carbonyl (C=O) groups is 3. The Morgan fingerprint density at radius 3 is 2.06 bits per heavy atom. The van der Waals surface area contributed by atoms with E-state index < -0.39 is 43.4 Å². The molecule has 2 aromatic carbocycles. The first-order chi connectivity index (χ1) is 24.8. The van der Waals surface area contributed by atoms with E-state index >= 15 is 0 Å². The Hall–Kier alpha value is -3.89. The van der Waals surface area contributed by atoms with Crippen molar-refractivity contribution in [3.63, 3.8) is 0 Å². The summed E-state index contributed by atoms with van der Waals surface area (Å²) in [6, 6.07) is 15.7. The molecule has 53 heavy (non-hydrogen) atoms. The van der Waals surface area contributed by atoms with Crippen LogP contribution in [0.2, 0.25) is 25.7 Å². The van der Waals surface area contributed by atoms with E-state index in [4.69, 9.17) is 23.8 Å². The van der Waals surface area contributed by atoms with Crippen LogP contribution in [0.5, 0.6) is 5.75 Å². The number of hydroxylamine groups is 1. The molecular formula is C38H60N4O10Si. The predicted molar refractivity (Wildman–Crippen MR) is 204 cm³/mol. The third-order valence-corrected chi connectivity index (χ3v) is 10.3. The molecule has 14 nitrogen and oxygen atoms in total. The molecule has 1 aliphatic rings. The minimum atomic E-state index is -2.74. The van der Waals surface area contributed by atoms with Crippen molar-refractivity contribution in [3.8, 4) is 16.9 Å². The molecule has 1 saturated heterocycles. The second kappa shape index (κ2) is 19.4. The second-order valence-corrected chi connectivity index (χ2v) is 21.3. The maximum atomic E-state index is 13.7. The lowest BCUT2D eigenvalue weighted by Gasteiger charge is -2.48. The largest absolute Gasteiger partial charge is 0.492 e. The smallest absolute Gasteiger partial charge is 0.441 e. The first-order valence-corrected chi connectivity index (χ1v) is 22.0. The topological polar surface area (TPSA) is 168 Å². The first-order valence-electron chi connectivity index (χ1n) is 18.3. The summed E-state index contributed by atoms with van der Waals surface area (Å²) in [5.41, 5.74) is 1.26. The van der Waals surface area contributed by atoms with Gasteiger partial charge in [-0.1, -0.05) is 69.4 Å². The number of amides is 3. The van der Waals surface area contributed by atoms with Gasteiger partial charge in [0, 0.05) is 40.7 Å². The Kier molecular flexibility index (Phi) is 16.0. The highest BCUT2D eigenvalue weighted by atomic mass is 28.3. The van der Waals surface area contributed by atoms with Gasteiger partial charge in [0.1, 0.15) is 18.0 Å². The van der Waals surface area contributed by atoms with E-state index in [1.807, 2.05) is 48.8 Å². The van der Waals surface area contributed by atoms with Gasteiger partial charge in [0.15, 0.2) is 5.66 Å². The normalized spacial score (nSPS) is 15.1. The van der Waals surface area contributed by atoms with Gasteiger partial charge in [0.25, 0.3) is 0 Å². The lowest BCUT2D eigenvalue weighted by Crippen LogP contribution is -2.74. The van der Waals surface area contributed by atoms with Gasteiger partial charge in [0.05, 0.1) is 19.8 Å². The number of ether oxygens (including phenoxy) is 4. The number of morpholine rings is 1. The zero-order valence-electron chi connectivity index (χ0n) is 32.7. The Balaban J connectivity index is 1.88. The van der Waals surface area contributed by atoms with Gasteiger partial charge in [-0.15, -0.1) is 5.48 Å². The fourth-order valence-electron chi connectivity index (χ4n) is 5.57. The van der Waals surface area contributed by atoms with Crippen LogP contribution in [-0.2, 0) is 25.5 Å². The lowest BCUT2D eigenvalue weighted by molar-refractivity contribution is -0.240. The van der Waals surface area contributed by atoms with Crippen molar-refractivity contribution in [3.05, 3.63) is 54.1 Å². The molecule has 1 heterocycles. The number of benzene rings is 2. The summed E-state index contributed by atoms with van der Waals surface area (Å²) < 4.78 is 22.1. The molecule has 0 saturated carbocycles. The maximum Gasteiger partial charge on any atom is 0.441 e. The summed E-state index contributed by atoms with van der Waals surface area (Å²) in [6.07, 6.45) is -2.37. The molecule has 0 aliphatic carbocycles. The maximum absolute atomic E-state index is 13.7. The standard InChI is InChI=1S/C38H60N4O10Si/c1-9-10-19-42(35(45)52-40-34(44)51-36(2,3)4)38(37(5,46)47,39-33(43)50-26-27-53(6,7)8)28-29-11-13-30(14-12-29)31-15-17-32(18-16-31)49-25-22-41-20-23-48-24-21-41/h11-18,46-47H,9-10,19-28H2,1-8H3,(H,39,43)(H,40,44). The molecule has 1 aliphatic heterocycles. The molecule has 4 N–H and O–H groups in total. The summed E-state index contributed by atoms with van der Waals surface area (Å²) in [5.74, 6) is -1.98. The molecule has 0 aromatic heterocycles. The zero-order chi connectivity index (χ0) is 39.3. The quantitative estimate of drug-likeness (QED) is 0.0712. The molecule has 1 fully saturated rings. The highest BCUT2D eigenvalue weighted by molar-refractivity contribution is 6.76. The Bertz CT molecular complexity index is 1450. The molecule has 296 valence electrons. The van der Waals surface area contributed by atoms with Crippen molar-refractivity contribution in [2.45, 2.75) is 96.6 Å². The van der Waals surface area contributed by atoms with Crippen molar-refractivity contribution in [1.82, 2.24) is 20.6 Å². The minimum absolute atomic E-state index is 0.0732.